The van der Waals surface area contributed by atoms with Gasteiger partial charge in [0.2, 0.25) is 5.91 Å². The monoisotopic (exact) mass is 396 g/mol. The minimum absolute atomic E-state index is 0.0293. The van der Waals surface area contributed by atoms with E-state index in [0.29, 0.717) is 19.5 Å². The first-order chi connectivity index (χ1) is 13.9. The molecule has 1 aliphatic carbocycles. The summed E-state index contributed by atoms with van der Waals surface area (Å²) < 4.78 is 0. The molecule has 1 saturated heterocycles. The summed E-state index contributed by atoms with van der Waals surface area (Å²) in [5.41, 5.74) is 3.60. The summed E-state index contributed by atoms with van der Waals surface area (Å²) in [6, 6.07) is 10.3. The number of carbonyl (C=O) groups is 1. The lowest BCUT2D eigenvalue weighted by Gasteiger charge is -2.40. The Hall–Kier alpha value is -2.34. The molecule has 2 fully saturated rings. The molecule has 2 aliphatic rings. The van der Waals surface area contributed by atoms with E-state index in [2.05, 4.69) is 46.7 Å². The van der Waals surface area contributed by atoms with Crippen LogP contribution in [0.5, 0.6) is 0 Å². The minimum Gasteiger partial charge on any atom is -0.391 e. The molecule has 1 saturated carbocycles. The number of amides is 1. The first kappa shape index (κ1) is 20.0. The Morgan fingerprint density at radius 2 is 1.93 bits per heavy atom. The molecule has 0 radical (unpaired) electrons. The van der Waals surface area contributed by atoms with Crippen LogP contribution in [0.25, 0.3) is 0 Å². The Balaban J connectivity index is 1.49. The number of β-amino-alcohol motifs (C(OH)–C–C–N with tert-alkyl or cyclic N) is 1. The summed E-state index contributed by atoms with van der Waals surface area (Å²) in [6.45, 7) is 5.03. The van der Waals surface area contributed by atoms with E-state index in [4.69, 9.17) is 0 Å². The first-order valence-electron chi connectivity index (χ1n) is 10.8. The zero-order valence-electron chi connectivity index (χ0n) is 17.4. The van der Waals surface area contributed by atoms with Crippen LogP contribution in [-0.2, 0) is 11.2 Å². The Bertz CT molecular complexity index is 839. The molecular formula is C23H32N4O2. The van der Waals surface area contributed by atoms with Crippen molar-refractivity contribution in [2.75, 3.05) is 18.4 Å². The maximum atomic E-state index is 13.7. The standard InChI is InChI=1S/C23H32N4O2/c1-16-6-8-19(9-7-16)24-23(10-4-3-5-11-23)22(29)27-14-18(21(28)15-27)13-20-12-17(2)25-26-20/h6-9,12,18,21,24,28H,3-5,10-11,13-15H2,1-2H3,(H,25,26)/t18-,21+/m1/s1. The summed E-state index contributed by atoms with van der Waals surface area (Å²) in [7, 11) is 0. The van der Waals surface area contributed by atoms with Gasteiger partial charge in [-0.2, -0.15) is 5.10 Å². The van der Waals surface area contributed by atoms with Gasteiger partial charge < -0.3 is 15.3 Å². The molecular weight excluding hydrogens is 364 g/mol. The van der Waals surface area contributed by atoms with Crippen LogP contribution in [0.4, 0.5) is 5.69 Å². The Kier molecular flexibility index (Phi) is 5.63. The van der Waals surface area contributed by atoms with Crippen molar-refractivity contribution in [3.05, 3.63) is 47.3 Å². The molecule has 156 valence electrons. The van der Waals surface area contributed by atoms with Crippen molar-refractivity contribution < 1.29 is 9.90 Å². The SMILES string of the molecule is Cc1ccc(NC2(C(=O)N3C[C@@H](Cc4cc(C)[nH]n4)[C@@H](O)C3)CCCCC2)cc1. The van der Waals surface area contributed by atoms with Gasteiger partial charge in [-0.15, -0.1) is 0 Å². The van der Waals surface area contributed by atoms with Crippen molar-refractivity contribution in [1.82, 2.24) is 15.1 Å². The van der Waals surface area contributed by atoms with Crippen molar-refractivity contribution >= 4 is 11.6 Å². The molecule has 0 spiro atoms. The number of hydrogen-bond donors (Lipinski definition) is 3. The molecule has 4 rings (SSSR count). The molecule has 6 heteroatoms. The van der Waals surface area contributed by atoms with Gasteiger partial charge in [0.25, 0.3) is 0 Å². The van der Waals surface area contributed by atoms with E-state index in [1.165, 1.54) is 12.0 Å². The summed E-state index contributed by atoms with van der Waals surface area (Å²) in [4.78, 5) is 15.5. The molecule has 1 aromatic carbocycles. The van der Waals surface area contributed by atoms with Gasteiger partial charge in [0.15, 0.2) is 0 Å². The van der Waals surface area contributed by atoms with Crippen LogP contribution in [0.1, 0.15) is 49.1 Å². The molecule has 2 atom stereocenters. The zero-order valence-corrected chi connectivity index (χ0v) is 17.4. The van der Waals surface area contributed by atoms with Crippen LogP contribution in [0, 0.1) is 19.8 Å². The smallest absolute Gasteiger partial charge is 0.248 e. The van der Waals surface area contributed by atoms with Crippen LogP contribution in [0.15, 0.2) is 30.3 Å². The summed E-state index contributed by atoms with van der Waals surface area (Å²) in [5, 5.41) is 21.5. The average Bonchev–Trinajstić information content (AvgIpc) is 3.29. The van der Waals surface area contributed by atoms with E-state index in [9.17, 15) is 9.90 Å². The lowest BCUT2D eigenvalue weighted by Crippen LogP contribution is -2.54. The van der Waals surface area contributed by atoms with E-state index >= 15 is 0 Å². The fourth-order valence-corrected chi connectivity index (χ4v) is 4.83. The number of aromatic nitrogens is 2. The number of rotatable bonds is 5. The summed E-state index contributed by atoms with van der Waals surface area (Å²) in [5.74, 6) is 0.166. The van der Waals surface area contributed by atoms with Gasteiger partial charge >= 0.3 is 0 Å². The molecule has 0 bridgehead atoms. The van der Waals surface area contributed by atoms with E-state index in [1.807, 2.05) is 17.9 Å². The number of aryl methyl sites for hydroxylation is 2. The first-order valence-corrected chi connectivity index (χ1v) is 10.8. The van der Waals surface area contributed by atoms with Crippen molar-refractivity contribution in [1.29, 1.82) is 0 Å². The molecule has 1 aliphatic heterocycles. The number of anilines is 1. The van der Waals surface area contributed by atoms with Gasteiger partial charge in [0.1, 0.15) is 5.54 Å². The van der Waals surface area contributed by atoms with Crippen molar-refractivity contribution in [3.8, 4) is 0 Å². The predicted octanol–water partition coefficient (Wildman–Crippen LogP) is 3.20. The third kappa shape index (κ3) is 4.32. The lowest BCUT2D eigenvalue weighted by atomic mass is 9.80. The van der Waals surface area contributed by atoms with Crippen molar-refractivity contribution in [3.63, 3.8) is 0 Å². The third-order valence-corrected chi connectivity index (χ3v) is 6.48. The number of likely N-dealkylation sites (tertiary alicyclic amines) is 1. The third-order valence-electron chi connectivity index (χ3n) is 6.48. The van der Waals surface area contributed by atoms with E-state index in [0.717, 1.165) is 42.8 Å². The van der Waals surface area contributed by atoms with Gasteiger partial charge in [0.05, 0.1) is 11.8 Å². The Labute approximate surface area is 172 Å². The molecule has 1 amide bonds. The Morgan fingerprint density at radius 3 is 2.59 bits per heavy atom. The highest BCUT2D eigenvalue weighted by Gasteiger charge is 2.45. The minimum atomic E-state index is -0.564. The highest BCUT2D eigenvalue weighted by atomic mass is 16.3. The van der Waals surface area contributed by atoms with Gasteiger partial charge in [0, 0.05) is 30.4 Å². The molecule has 29 heavy (non-hydrogen) atoms. The molecule has 6 nitrogen and oxygen atoms in total. The average molecular weight is 397 g/mol. The number of aliphatic hydroxyl groups excluding tert-OH is 1. The van der Waals surface area contributed by atoms with Gasteiger partial charge in [-0.3, -0.25) is 9.89 Å². The Morgan fingerprint density at radius 1 is 1.21 bits per heavy atom. The maximum absolute atomic E-state index is 13.7. The quantitative estimate of drug-likeness (QED) is 0.725. The van der Waals surface area contributed by atoms with E-state index < -0.39 is 11.6 Å². The van der Waals surface area contributed by atoms with Gasteiger partial charge in [-0.1, -0.05) is 37.0 Å². The van der Waals surface area contributed by atoms with Crippen molar-refractivity contribution in [2.24, 2.45) is 5.92 Å². The number of H-pyrrole nitrogens is 1. The van der Waals surface area contributed by atoms with Gasteiger partial charge in [-0.25, -0.2) is 0 Å². The summed E-state index contributed by atoms with van der Waals surface area (Å²) >= 11 is 0. The fraction of sp³-hybridized carbons (Fsp3) is 0.565. The number of benzene rings is 1. The highest BCUT2D eigenvalue weighted by molar-refractivity contribution is 5.90. The second-order valence-corrected chi connectivity index (χ2v) is 8.92. The molecule has 3 N–H and O–H groups in total. The largest absolute Gasteiger partial charge is 0.391 e. The molecule has 2 heterocycles. The van der Waals surface area contributed by atoms with Crippen LogP contribution in [0.3, 0.4) is 0 Å². The summed E-state index contributed by atoms with van der Waals surface area (Å²) in [6.07, 6.45) is 5.15. The van der Waals surface area contributed by atoms with Crippen LogP contribution in [0.2, 0.25) is 0 Å². The lowest BCUT2D eigenvalue weighted by molar-refractivity contribution is -0.136. The normalized spacial score (nSPS) is 23.9. The number of carbonyl (C=O) groups excluding carboxylic acids is 1. The second kappa shape index (κ2) is 8.19. The number of aromatic amines is 1. The number of nitrogens with zero attached hydrogens (tertiary/aromatic N) is 2. The van der Waals surface area contributed by atoms with Crippen molar-refractivity contribution in [2.45, 2.75) is 64.0 Å². The number of hydrogen-bond acceptors (Lipinski definition) is 4. The predicted molar refractivity (Wildman–Crippen MR) is 114 cm³/mol. The van der Waals surface area contributed by atoms with Crippen LogP contribution in [-0.4, -0.2) is 50.8 Å². The second-order valence-electron chi connectivity index (χ2n) is 8.92. The highest BCUT2D eigenvalue weighted by Crippen LogP contribution is 2.35. The molecule has 2 aromatic rings. The number of nitrogens with one attached hydrogen (secondary N) is 2. The van der Waals surface area contributed by atoms with E-state index in [-0.39, 0.29) is 11.8 Å². The molecule has 1 aromatic heterocycles. The zero-order chi connectivity index (χ0) is 20.4. The van der Waals surface area contributed by atoms with E-state index in [1.54, 1.807) is 0 Å². The van der Waals surface area contributed by atoms with Crippen LogP contribution >= 0.6 is 0 Å². The fourth-order valence-electron chi connectivity index (χ4n) is 4.83. The molecule has 0 unspecified atom stereocenters. The van der Waals surface area contributed by atoms with Gasteiger partial charge in [-0.05, 0) is 51.3 Å². The van der Waals surface area contributed by atoms with Crippen LogP contribution < -0.4 is 5.32 Å². The topological polar surface area (TPSA) is 81.2 Å². The number of aliphatic hydroxyl groups is 1. The maximum Gasteiger partial charge on any atom is 0.248 e.